The highest BCUT2D eigenvalue weighted by Gasteiger charge is 2.46. The molecule has 0 aromatic heterocycles. The summed E-state index contributed by atoms with van der Waals surface area (Å²) in [5.74, 6) is -0.679. The lowest BCUT2D eigenvalue weighted by Gasteiger charge is -2.38. The van der Waals surface area contributed by atoms with E-state index in [-0.39, 0.29) is 24.1 Å². The first-order chi connectivity index (χ1) is 19.4. The van der Waals surface area contributed by atoms with E-state index in [1.807, 2.05) is 61.5 Å². The van der Waals surface area contributed by atoms with E-state index in [1.54, 1.807) is 32.2 Å². The van der Waals surface area contributed by atoms with Gasteiger partial charge in [-0.1, -0.05) is 48.5 Å². The lowest BCUT2D eigenvalue weighted by Crippen LogP contribution is -2.41. The molecule has 1 unspecified atom stereocenters. The number of esters is 1. The molecule has 0 radical (unpaired) electrons. The highest BCUT2D eigenvalue weighted by Crippen LogP contribution is 2.47. The standard InChI is InChI=1S/C33H33NO6/c1-4-39-29-18-23(12-15-27(29)35)31-30(33(37)40-19-21-8-6-5-7-9-21)20(2)34-26-16-24(17-28(36)32(26)31)22-10-13-25(38-3)14-11-22/h5-15,18,24,31-32,35H,4,16-17,19H2,1-3H3/t24-,31-,32?/m0/s1. The second-order valence-corrected chi connectivity index (χ2v) is 10.1. The van der Waals surface area contributed by atoms with E-state index >= 15 is 0 Å². The van der Waals surface area contributed by atoms with Crippen molar-refractivity contribution >= 4 is 17.5 Å². The number of ether oxygens (including phenoxy) is 3. The van der Waals surface area contributed by atoms with Crippen LogP contribution in [0.4, 0.5) is 0 Å². The number of hydrogen-bond donors (Lipinski definition) is 1. The van der Waals surface area contributed by atoms with Crippen LogP contribution in [-0.2, 0) is 20.9 Å². The maximum atomic E-state index is 13.9. The van der Waals surface area contributed by atoms with E-state index in [2.05, 4.69) is 0 Å². The summed E-state index contributed by atoms with van der Waals surface area (Å²) in [7, 11) is 1.62. The zero-order chi connectivity index (χ0) is 28.2. The van der Waals surface area contributed by atoms with E-state index < -0.39 is 17.8 Å². The van der Waals surface area contributed by atoms with Crippen LogP contribution in [0.15, 0.2) is 89.1 Å². The van der Waals surface area contributed by atoms with Crippen LogP contribution in [0.3, 0.4) is 0 Å². The summed E-state index contributed by atoms with van der Waals surface area (Å²) in [5.41, 5.74) is 4.25. The Morgan fingerprint density at radius 1 is 0.975 bits per heavy atom. The lowest BCUT2D eigenvalue weighted by atomic mass is 9.66. The highest BCUT2D eigenvalue weighted by atomic mass is 16.5. The van der Waals surface area contributed by atoms with Crippen molar-refractivity contribution in [1.82, 2.24) is 0 Å². The number of aliphatic imine (C=N–C) groups is 1. The van der Waals surface area contributed by atoms with Gasteiger partial charge in [-0.3, -0.25) is 9.79 Å². The predicted molar refractivity (Wildman–Crippen MR) is 152 cm³/mol. The molecule has 3 atom stereocenters. The zero-order valence-corrected chi connectivity index (χ0v) is 22.9. The molecule has 1 aliphatic carbocycles. The van der Waals surface area contributed by atoms with Crippen molar-refractivity contribution in [3.05, 3.63) is 101 Å². The number of allylic oxidation sites excluding steroid dienone is 1. The molecule has 2 aliphatic rings. The van der Waals surface area contributed by atoms with E-state index in [0.29, 0.717) is 42.0 Å². The van der Waals surface area contributed by atoms with Gasteiger partial charge in [-0.05, 0) is 67.1 Å². The molecule has 3 aromatic rings. The van der Waals surface area contributed by atoms with Gasteiger partial charge in [-0.2, -0.15) is 0 Å². The Balaban J connectivity index is 1.53. The number of rotatable bonds is 8. The number of aromatic hydroxyl groups is 1. The van der Waals surface area contributed by atoms with Crippen molar-refractivity contribution < 1.29 is 28.9 Å². The van der Waals surface area contributed by atoms with Crippen LogP contribution in [0.25, 0.3) is 0 Å². The number of nitrogens with zero attached hydrogens (tertiary/aromatic N) is 1. The van der Waals surface area contributed by atoms with Gasteiger partial charge in [0.1, 0.15) is 18.1 Å². The number of phenols is 1. The average molecular weight is 540 g/mol. The van der Waals surface area contributed by atoms with Gasteiger partial charge in [0.2, 0.25) is 0 Å². The molecule has 1 fully saturated rings. The molecule has 5 rings (SSSR count). The van der Waals surface area contributed by atoms with E-state index in [9.17, 15) is 14.7 Å². The Labute approximate surface area is 234 Å². The molecule has 1 saturated carbocycles. The first kappa shape index (κ1) is 27.2. The summed E-state index contributed by atoms with van der Waals surface area (Å²) >= 11 is 0. The average Bonchev–Trinajstić information content (AvgIpc) is 2.97. The van der Waals surface area contributed by atoms with Crippen molar-refractivity contribution in [1.29, 1.82) is 0 Å². The van der Waals surface area contributed by atoms with E-state index in [4.69, 9.17) is 19.2 Å². The molecule has 3 aromatic carbocycles. The van der Waals surface area contributed by atoms with Gasteiger partial charge in [-0.25, -0.2) is 4.79 Å². The fraction of sp³-hybridized carbons (Fsp3) is 0.303. The summed E-state index contributed by atoms with van der Waals surface area (Å²) in [6.45, 7) is 4.09. The summed E-state index contributed by atoms with van der Waals surface area (Å²) < 4.78 is 16.7. The minimum atomic E-state index is -0.614. The number of hydrogen-bond acceptors (Lipinski definition) is 7. The molecule has 0 spiro atoms. The first-order valence-electron chi connectivity index (χ1n) is 13.5. The quantitative estimate of drug-likeness (QED) is 0.347. The van der Waals surface area contributed by atoms with Crippen LogP contribution in [-0.4, -0.2) is 36.3 Å². The van der Waals surface area contributed by atoms with Crippen molar-refractivity contribution in [2.24, 2.45) is 10.9 Å². The van der Waals surface area contributed by atoms with E-state index in [1.165, 1.54) is 0 Å². The molecule has 206 valence electrons. The number of carbonyl (C=O) groups excluding carboxylic acids is 2. The molecular formula is C33H33NO6. The fourth-order valence-electron chi connectivity index (χ4n) is 5.71. The van der Waals surface area contributed by atoms with Crippen LogP contribution in [0.1, 0.15) is 55.2 Å². The van der Waals surface area contributed by atoms with Gasteiger partial charge in [0.25, 0.3) is 0 Å². The molecular weight excluding hydrogens is 506 g/mol. The monoisotopic (exact) mass is 539 g/mol. The van der Waals surface area contributed by atoms with Gasteiger partial charge in [0, 0.05) is 23.7 Å². The number of benzene rings is 3. The van der Waals surface area contributed by atoms with E-state index in [0.717, 1.165) is 22.6 Å². The Kier molecular flexibility index (Phi) is 8.01. The third kappa shape index (κ3) is 5.50. The van der Waals surface area contributed by atoms with Gasteiger partial charge >= 0.3 is 5.97 Å². The second kappa shape index (κ2) is 11.8. The number of Topliss-reactive ketones (excluding diaryl/α,β-unsaturated/α-hetero) is 1. The van der Waals surface area contributed by atoms with Gasteiger partial charge in [0.05, 0.1) is 25.2 Å². The third-order valence-corrected chi connectivity index (χ3v) is 7.62. The lowest BCUT2D eigenvalue weighted by molar-refractivity contribution is -0.140. The second-order valence-electron chi connectivity index (χ2n) is 10.1. The van der Waals surface area contributed by atoms with Crippen LogP contribution in [0, 0.1) is 5.92 Å². The minimum Gasteiger partial charge on any atom is -0.504 e. The summed E-state index contributed by atoms with van der Waals surface area (Å²) in [5, 5.41) is 10.4. The van der Waals surface area contributed by atoms with Crippen molar-refractivity contribution in [3.63, 3.8) is 0 Å². The first-order valence-corrected chi connectivity index (χ1v) is 13.5. The van der Waals surface area contributed by atoms with Gasteiger partial charge < -0.3 is 19.3 Å². The molecule has 7 heteroatoms. The molecule has 1 heterocycles. The molecule has 0 bridgehead atoms. The summed E-state index contributed by atoms with van der Waals surface area (Å²) in [4.78, 5) is 32.4. The highest BCUT2D eigenvalue weighted by molar-refractivity contribution is 6.12. The number of methoxy groups -OCH3 is 1. The molecule has 1 aliphatic heterocycles. The maximum absolute atomic E-state index is 13.9. The normalized spacial score (nSPS) is 20.4. The van der Waals surface area contributed by atoms with Crippen LogP contribution < -0.4 is 9.47 Å². The summed E-state index contributed by atoms with van der Waals surface area (Å²) in [6, 6.07) is 22.2. The number of fused-ring (bicyclic) bond motifs is 1. The molecule has 0 saturated heterocycles. The topological polar surface area (TPSA) is 94.4 Å². The van der Waals surface area contributed by atoms with Crippen LogP contribution in [0.2, 0.25) is 0 Å². The number of ketones is 1. The van der Waals surface area contributed by atoms with Crippen LogP contribution in [0.5, 0.6) is 17.2 Å². The molecule has 40 heavy (non-hydrogen) atoms. The SMILES string of the molecule is CCOc1cc([C@H]2C(C(=O)OCc3ccccc3)=C(C)N=C3C[C@H](c4ccc(OC)cc4)CC(=O)C32)ccc1O. The van der Waals surface area contributed by atoms with Crippen LogP contribution >= 0.6 is 0 Å². The third-order valence-electron chi connectivity index (χ3n) is 7.62. The Bertz CT molecular complexity index is 1460. The Hall–Kier alpha value is -4.39. The Morgan fingerprint density at radius 3 is 2.40 bits per heavy atom. The van der Waals surface area contributed by atoms with Crippen molar-refractivity contribution in [3.8, 4) is 17.2 Å². The zero-order valence-electron chi connectivity index (χ0n) is 22.9. The fourth-order valence-corrected chi connectivity index (χ4v) is 5.71. The maximum Gasteiger partial charge on any atom is 0.336 e. The van der Waals surface area contributed by atoms with Gasteiger partial charge in [-0.15, -0.1) is 0 Å². The molecule has 0 amide bonds. The smallest absolute Gasteiger partial charge is 0.336 e. The molecule has 1 N–H and O–H groups in total. The number of carbonyl (C=O) groups is 2. The van der Waals surface area contributed by atoms with Gasteiger partial charge in [0.15, 0.2) is 11.5 Å². The number of phenolic OH excluding ortho intramolecular Hbond substituents is 1. The predicted octanol–water partition coefficient (Wildman–Crippen LogP) is 6.12. The Morgan fingerprint density at radius 2 is 1.70 bits per heavy atom. The van der Waals surface area contributed by atoms with Crippen molar-refractivity contribution in [2.75, 3.05) is 13.7 Å². The molecule has 7 nitrogen and oxygen atoms in total. The summed E-state index contributed by atoms with van der Waals surface area (Å²) in [6.07, 6.45) is 0.924. The van der Waals surface area contributed by atoms with Crippen molar-refractivity contribution in [2.45, 2.75) is 45.1 Å². The largest absolute Gasteiger partial charge is 0.504 e. The minimum absolute atomic E-state index is 0.00116.